The first-order chi connectivity index (χ1) is 13.0. The van der Waals surface area contributed by atoms with E-state index in [0.717, 1.165) is 30.4 Å². The van der Waals surface area contributed by atoms with Gasteiger partial charge < -0.3 is 5.11 Å². The van der Waals surface area contributed by atoms with Gasteiger partial charge in [-0.05, 0) is 24.0 Å². The molecule has 5 heteroatoms. The monoisotopic (exact) mass is 367 g/mol. The van der Waals surface area contributed by atoms with E-state index in [4.69, 9.17) is 0 Å². The van der Waals surface area contributed by atoms with E-state index in [2.05, 4.69) is 0 Å². The van der Waals surface area contributed by atoms with Crippen LogP contribution in [0.15, 0.2) is 60.7 Å². The second-order valence-corrected chi connectivity index (χ2v) is 7.53. The van der Waals surface area contributed by atoms with Crippen LogP contribution in [0.5, 0.6) is 0 Å². The van der Waals surface area contributed by atoms with Crippen LogP contribution < -0.4 is 0 Å². The fourth-order valence-electron chi connectivity index (χ4n) is 4.74. The molecule has 3 rings (SSSR count). The van der Waals surface area contributed by atoms with E-state index in [-0.39, 0.29) is 11.5 Å². The quantitative estimate of drug-likeness (QED) is 0.566. The third kappa shape index (κ3) is 4.18. The standard InChI is InChI=1S/C22H25NO4/c24-21(25)20(22(16-23(26)27)14-8-3-9-15-22)19(17-10-4-1-5-11-17)18-12-6-2-7-13-18/h1-2,4-7,10-13,19-20H,3,8-9,14-16H2,(H,24,25). The van der Waals surface area contributed by atoms with Crippen molar-refractivity contribution in [1.29, 1.82) is 0 Å². The van der Waals surface area contributed by atoms with Crippen molar-refractivity contribution in [2.45, 2.75) is 38.0 Å². The Hall–Kier alpha value is -2.69. The first kappa shape index (κ1) is 19.1. The Morgan fingerprint density at radius 2 is 1.44 bits per heavy atom. The van der Waals surface area contributed by atoms with Crippen LogP contribution in [0.1, 0.15) is 49.1 Å². The summed E-state index contributed by atoms with van der Waals surface area (Å²) in [5, 5.41) is 21.8. The number of rotatable bonds is 7. The Kier molecular flexibility index (Phi) is 5.89. The number of benzene rings is 2. The number of carbonyl (C=O) groups is 1. The van der Waals surface area contributed by atoms with Crippen LogP contribution in [0.4, 0.5) is 0 Å². The Bertz CT molecular complexity index is 730. The highest BCUT2D eigenvalue weighted by Crippen LogP contribution is 2.50. The largest absolute Gasteiger partial charge is 0.481 e. The van der Waals surface area contributed by atoms with Gasteiger partial charge in [-0.2, -0.15) is 0 Å². The number of nitro groups is 1. The Labute approximate surface area is 159 Å². The second-order valence-electron chi connectivity index (χ2n) is 7.53. The summed E-state index contributed by atoms with van der Waals surface area (Å²) in [5.74, 6) is -2.20. The Morgan fingerprint density at radius 1 is 0.963 bits per heavy atom. The molecule has 0 heterocycles. The number of nitrogens with zero attached hydrogens (tertiary/aromatic N) is 1. The van der Waals surface area contributed by atoms with E-state index in [0.29, 0.717) is 12.8 Å². The Morgan fingerprint density at radius 3 is 1.85 bits per heavy atom. The number of carboxylic acids is 1. The molecule has 1 aliphatic rings. The van der Waals surface area contributed by atoms with Crippen molar-refractivity contribution in [3.63, 3.8) is 0 Å². The van der Waals surface area contributed by atoms with E-state index >= 15 is 0 Å². The molecule has 2 aromatic carbocycles. The van der Waals surface area contributed by atoms with Gasteiger partial charge in [0.25, 0.3) is 0 Å². The number of hydrogen-bond acceptors (Lipinski definition) is 3. The molecule has 0 saturated heterocycles. The molecule has 2 aromatic rings. The minimum atomic E-state index is -0.948. The molecule has 0 spiro atoms. The van der Waals surface area contributed by atoms with Gasteiger partial charge in [-0.15, -0.1) is 0 Å². The molecule has 0 radical (unpaired) electrons. The van der Waals surface area contributed by atoms with Gasteiger partial charge in [-0.25, -0.2) is 0 Å². The summed E-state index contributed by atoms with van der Waals surface area (Å²) in [4.78, 5) is 23.7. The third-order valence-electron chi connectivity index (χ3n) is 5.87. The lowest BCUT2D eigenvalue weighted by Gasteiger charge is -2.42. The highest BCUT2D eigenvalue weighted by atomic mass is 16.6. The summed E-state index contributed by atoms with van der Waals surface area (Å²) >= 11 is 0. The molecular formula is C22H25NO4. The molecule has 1 fully saturated rings. The van der Waals surface area contributed by atoms with Crippen LogP contribution in [0.2, 0.25) is 0 Å². The smallest absolute Gasteiger partial charge is 0.308 e. The molecule has 1 saturated carbocycles. The highest BCUT2D eigenvalue weighted by Gasteiger charge is 2.51. The topological polar surface area (TPSA) is 80.4 Å². The van der Waals surface area contributed by atoms with Gasteiger partial charge in [0.2, 0.25) is 6.54 Å². The summed E-state index contributed by atoms with van der Waals surface area (Å²) in [6, 6.07) is 19.1. The molecule has 0 amide bonds. The van der Waals surface area contributed by atoms with Gasteiger partial charge in [0.05, 0.1) is 5.92 Å². The molecule has 27 heavy (non-hydrogen) atoms. The molecule has 5 nitrogen and oxygen atoms in total. The number of carboxylic acid groups (broad SMARTS) is 1. The second kappa shape index (κ2) is 8.33. The maximum absolute atomic E-state index is 12.6. The minimum absolute atomic E-state index is 0.292. The molecule has 1 atom stereocenters. The normalized spacial score (nSPS) is 17.4. The lowest BCUT2D eigenvalue weighted by molar-refractivity contribution is -0.501. The van der Waals surface area contributed by atoms with Gasteiger partial charge in [-0.3, -0.25) is 14.9 Å². The highest BCUT2D eigenvalue weighted by molar-refractivity contribution is 5.74. The van der Waals surface area contributed by atoms with Crippen LogP contribution in [-0.4, -0.2) is 22.5 Å². The van der Waals surface area contributed by atoms with Crippen molar-refractivity contribution in [3.05, 3.63) is 81.9 Å². The van der Waals surface area contributed by atoms with E-state index in [1.54, 1.807) is 0 Å². The molecule has 142 valence electrons. The first-order valence-electron chi connectivity index (χ1n) is 9.48. The average molecular weight is 367 g/mol. The van der Waals surface area contributed by atoms with Gasteiger partial charge >= 0.3 is 5.97 Å². The van der Waals surface area contributed by atoms with Crippen molar-refractivity contribution < 1.29 is 14.8 Å². The van der Waals surface area contributed by atoms with E-state index in [9.17, 15) is 20.0 Å². The summed E-state index contributed by atoms with van der Waals surface area (Å²) in [5.41, 5.74) is 0.956. The van der Waals surface area contributed by atoms with Gasteiger partial charge in [0.1, 0.15) is 0 Å². The van der Waals surface area contributed by atoms with Crippen LogP contribution in [-0.2, 0) is 4.79 Å². The summed E-state index contributed by atoms with van der Waals surface area (Å²) in [7, 11) is 0. The van der Waals surface area contributed by atoms with Crippen molar-refractivity contribution >= 4 is 5.97 Å². The molecule has 0 bridgehead atoms. The molecule has 1 unspecified atom stereocenters. The average Bonchev–Trinajstić information content (AvgIpc) is 2.67. The summed E-state index contributed by atoms with van der Waals surface area (Å²) in [6.07, 6.45) is 3.86. The van der Waals surface area contributed by atoms with Crippen LogP contribution in [0.3, 0.4) is 0 Å². The molecule has 1 aliphatic carbocycles. The third-order valence-corrected chi connectivity index (χ3v) is 5.87. The molecule has 0 aliphatic heterocycles. The predicted octanol–water partition coefficient (Wildman–Crippen LogP) is 4.75. The lowest BCUT2D eigenvalue weighted by atomic mass is 9.59. The Balaban J connectivity index is 2.15. The lowest BCUT2D eigenvalue weighted by Crippen LogP contribution is -2.46. The van der Waals surface area contributed by atoms with Crippen LogP contribution in [0, 0.1) is 21.4 Å². The van der Waals surface area contributed by atoms with Crippen molar-refractivity contribution in [3.8, 4) is 0 Å². The van der Waals surface area contributed by atoms with E-state index in [1.165, 1.54) is 0 Å². The zero-order valence-corrected chi connectivity index (χ0v) is 15.3. The van der Waals surface area contributed by atoms with Crippen LogP contribution in [0.25, 0.3) is 0 Å². The van der Waals surface area contributed by atoms with Gasteiger partial charge in [0.15, 0.2) is 0 Å². The fourth-order valence-corrected chi connectivity index (χ4v) is 4.74. The van der Waals surface area contributed by atoms with Gasteiger partial charge in [-0.1, -0.05) is 79.9 Å². The van der Waals surface area contributed by atoms with Gasteiger partial charge in [0, 0.05) is 16.3 Å². The summed E-state index contributed by atoms with van der Waals surface area (Å²) < 4.78 is 0. The predicted molar refractivity (Wildman–Crippen MR) is 103 cm³/mol. The van der Waals surface area contributed by atoms with Crippen molar-refractivity contribution in [1.82, 2.24) is 0 Å². The minimum Gasteiger partial charge on any atom is -0.481 e. The van der Waals surface area contributed by atoms with Crippen molar-refractivity contribution in [2.24, 2.45) is 11.3 Å². The SMILES string of the molecule is O=C(O)C(C(c1ccccc1)c1ccccc1)C1(C[N+](=O)[O-])CCCCC1. The zero-order chi connectivity index (χ0) is 19.3. The van der Waals surface area contributed by atoms with Crippen molar-refractivity contribution in [2.75, 3.05) is 6.54 Å². The maximum atomic E-state index is 12.6. The zero-order valence-electron chi connectivity index (χ0n) is 15.3. The fraction of sp³-hybridized carbons (Fsp3) is 0.409. The number of aliphatic carboxylic acids is 1. The molecule has 1 N–H and O–H groups in total. The first-order valence-corrected chi connectivity index (χ1v) is 9.48. The van der Waals surface area contributed by atoms with E-state index < -0.39 is 23.2 Å². The maximum Gasteiger partial charge on any atom is 0.308 e. The van der Waals surface area contributed by atoms with E-state index in [1.807, 2.05) is 60.7 Å². The number of hydrogen-bond donors (Lipinski definition) is 1. The summed E-state index contributed by atoms with van der Waals surface area (Å²) in [6.45, 7) is -0.292. The molecular weight excluding hydrogens is 342 g/mol. The van der Waals surface area contributed by atoms with Crippen LogP contribution >= 0.6 is 0 Å². The molecule has 0 aromatic heterocycles.